The van der Waals surface area contributed by atoms with Crippen molar-refractivity contribution in [2.45, 2.75) is 45.7 Å². The molecule has 0 fully saturated rings. The molecular weight excluding hydrogens is 581 g/mol. The summed E-state index contributed by atoms with van der Waals surface area (Å²) < 4.78 is 26.4. The van der Waals surface area contributed by atoms with E-state index in [9.17, 15) is 18.0 Å². The van der Waals surface area contributed by atoms with Gasteiger partial charge in [0, 0.05) is 48.1 Å². The molecule has 3 aromatic carbocycles. The van der Waals surface area contributed by atoms with E-state index in [4.69, 9.17) is 23.2 Å². The maximum atomic E-state index is 13.9. The normalized spacial score (nSPS) is 12.1. The van der Waals surface area contributed by atoms with Crippen LogP contribution in [0.2, 0.25) is 10.0 Å². The Morgan fingerprint density at radius 3 is 2.02 bits per heavy atom. The van der Waals surface area contributed by atoms with Crippen LogP contribution in [0.5, 0.6) is 0 Å². The first-order valence-corrected chi connectivity index (χ1v) is 16.1. The van der Waals surface area contributed by atoms with Gasteiger partial charge in [-0.25, -0.2) is 8.42 Å². The average molecular weight is 619 g/mol. The predicted molar refractivity (Wildman–Crippen MR) is 167 cm³/mol. The highest BCUT2D eigenvalue weighted by Crippen LogP contribution is 2.28. The average Bonchev–Trinajstić information content (AvgIpc) is 2.93. The molecule has 10 heteroatoms. The number of rotatable bonds is 14. The van der Waals surface area contributed by atoms with Crippen molar-refractivity contribution in [2.24, 2.45) is 5.92 Å². The standard InChI is InChI=1S/C31H37Cl2N3O4S/c1-23(2)21-34-31(38)29(20-24-12-6-4-7-13-24)35(22-26-27(32)16-10-17-28(26)33)30(37)18-11-19-36(41(3,39)40)25-14-8-5-9-15-25/h4-10,12-17,23,29H,11,18-22H2,1-3H3,(H,34,38)/t29-/m1/s1. The summed E-state index contributed by atoms with van der Waals surface area (Å²) in [6.45, 7) is 4.59. The number of nitrogens with zero attached hydrogens (tertiary/aromatic N) is 2. The number of sulfonamides is 1. The van der Waals surface area contributed by atoms with Crippen LogP contribution in [0.25, 0.3) is 0 Å². The molecule has 0 heterocycles. The highest BCUT2D eigenvalue weighted by Gasteiger charge is 2.31. The third-order valence-corrected chi connectivity index (χ3v) is 8.44. The second-order valence-electron chi connectivity index (χ2n) is 10.3. The van der Waals surface area contributed by atoms with Crippen LogP contribution in [0, 0.1) is 5.92 Å². The second kappa shape index (κ2) is 15.2. The highest BCUT2D eigenvalue weighted by atomic mass is 35.5. The lowest BCUT2D eigenvalue weighted by molar-refractivity contribution is -0.141. The molecule has 0 aliphatic heterocycles. The smallest absolute Gasteiger partial charge is 0.243 e. The lowest BCUT2D eigenvalue weighted by Gasteiger charge is -2.32. The summed E-state index contributed by atoms with van der Waals surface area (Å²) in [6, 6.07) is 22.5. The number of hydrogen-bond donors (Lipinski definition) is 1. The van der Waals surface area contributed by atoms with Gasteiger partial charge in [0.1, 0.15) is 6.04 Å². The van der Waals surface area contributed by atoms with E-state index in [1.165, 1.54) is 9.21 Å². The van der Waals surface area contributed by atoms with Gasteiger partial charge in [0.2, 0.25) is 21.8 Å². The number of amides is 2. The minimum absolute atomic E-state index is 0.0175. The molecule has 0 unspecified atom stereocenters. The Labute approximate surface area is 253 Å². The summed E-state index contributed by atoms with van der Waals surface area (Å²) in [5.41, 5.74) is 1.96. The van der Waals surface area contributed by atoms with Crippen LogP contribution in [0.1, 0.15) is 37.8 Å². The van der Waals surface area contributed by atoms with Crippen molar-refractivity contribution < 1.29 is 18.0 Å². The molecule has 0 spiro atoms. The first kappa shape index (κ1) is 32.4. The number of anilines is 1. The van der Waals surface area contributed by atoms with Crippen LogP contribution in [0.3, 0.4) is 0 Å². The van der Waals surface area contributed by atoms with Crippen molar-refractivity contribution in [3.63, 3.8) is 0 Å². The van der Waals surface area contributed by atoms with Crippen molar-refractivity contribution in [1.82, 2.24) is 10.2 Å². The third-order valence-electron chi connectivity index (χ3n) is 6.54. The van der Waals surface area contributed by atoms with E-state index in [1.807, 2.05) is 50.2 Å². The van der Waals surface area contributed by atoms with Crippen LogP contribution >= 0.6 is 23.2 Å². The first-order valence-electron chi connectivity index (χ1n) is 13.5. The molecule has 1 atom stereocenters. The maximum absolute atomic E-state index is 13.9. The molecule has 0 saturated carbocycles. The van der Waals surface area contributed by atoms with Crippen molar-refractivity contribution in [1.29, 1.82) is 0 Å². The number of nitrogens with one attached hydrogen (secondary N) is 1. The van der Waals surface area contributed by atoms with E-state index < -0.39 is 16.1 Å². The summed E-state index contributed by atoms with van der Waals surface area (Å²) in [4.78, 5) is 29.0. The number of carbonyl (C=O) groups excluding carboxylic acids is 2. The quantitative estimate of drug-likeness (QED) is 0.242. The van der Waals surface area contributed by atoms with Gasteiger partial charge in [0.25, 0.3) is 0 Å². The number of benzene rings is 3. The molecule has 3 aromatic rings. The predicted octanol–water partition coefficient (Wildman–Crippen LogP) is 5.95. The fourth-order valence-corrected chi connectivity index (χ4v) is 5.91. The van der Waals surface area contributed by atoms with Crippen LogP contribution in [0.15, 0.2) is 78.9 Å². The Bertz CT molecular complexity index is 1380. The summed E-state index contributed by atoms with van der Waals surface area (Å²) in [5.74, 6) is -0.359. The Morgan fingerprint density at radius 1 is 0.878 bits per heavy atom. The first-order chi connectivity index (χ1) is 19.5. The van der Waals surface area contributed by atoms with Gasteiger partial charge in [-0.3, -0.25) is 13.9 Å². The SMILES string of the molecule is CC(C)CNC(=O)[C@@H](Cc1ccccc1)N(Cc1c(Cl)cccc1Cl)C(=O)CCCN(c1ccccc1)S(C)(=O)=O. The second-order valence-corrected chi connectivity index (χ2v) is 13.1. The van der Waals surface area contributed by atoms with E-state index in [0.29, 0.717) is 27.8 Å². The zero-order valence-corrected chi connectivity index (χ0v) is 25.9. The Morgan fingerprint density at radius 2 is 1.46 bits per heavy atom. The van der Waals surface area contributed by atoms with Crippen LogP contribution in [0.4, 0.5) is 5.69 Å². The van der Waals surface area contributed by atoms with E-state index in [2.05, 4.69) is 5.32 Å². The molecule has 0 radical (unpaired) electrons. The van der Waals surface area contributed by atoms with Crippen molar-refractivity contribution in [2.75, 3.05) is 23.7 Å². The molecular formula is C31H37Cl2N3O4S. The maximum Gasteiger partial charge on any atom is 0.243 e. The van der Waals surface area contributed by atoms with Gasteiger partial charge < -0.3 is 10.2 Å². The van der Waals surface area contributed by atoms with E-state index in [0.717, 1.165) is 11.8 Å². The number of para-hydroxylation sites is 1. The molecule has 0 bridgehead atoms. The molecule has 0 aromatic heterocycles. The lowest BCUT2D eigenvalue weighted by Crippen LogP contribution is -2.51. The number of hydrogen-bond acceptors (Lipinski definition) is 4. The minimum Gasteiger partial charge on any atom is -0.354 e. The molecule has 0 aliphatic rings. The third kappa shape index (κ3) is 9.76. The van der Waals surface area contributed by atoms with Crippen LogP contribution in [-0.2, 0) is 32.6 Å². The lowest BCUT2D eigenvalue weighted by atomic mass is 10.0. The van der Waals surface area contributed by atoms with Crippen molar-refractivity contribution in [3.8, 4) is 0 Å². The summed E-state index contributed by atoms with van der Waals surface area (Å²) >= 11 is 13.0. The molecule has 3 rings (SSSR count). The summed E-state index contributed by atoms with van der Waals surface area (Å²) in [6.07, 6.45) is 1.70. The van der Waals surface area contributed by atoms with E-state index in [1.54, 1.807) is 42.5 Å². The molecule has 2 amide bonds. The van der Waals surface area contributed by atoms with E-state index in [-0.39, 0.29) is 50.1 Å². The van der Waals surface area contributed by atoms with Gasteiger partial charge in [-0.15, -0.1) is 0 Å². The van der Waals surface area contributed by atoms with Gasteiger partial charge in [-0.05, 0) is 42.2 Å². The van der Waals surface area contributed by atoms with Gasteiger partial charge in [-0.1, -0.05) is 91.6 Å². The molecule has 41 heavy (non-hydrogen) atoms. The zero-order valence-electron chi connectivity index (χ0n) is 23.6. The largest absolute Gasteiger partial charge is 0.354 e. The Hall–Kier alpha value is -3.07. The highest BCUT2D eigenvalue weighted by molar-refractivity contribution is 7.92. The van der Waals surface area contributed by atoms with Crippen LogP contribution in [-0.4, -0.2) is 50.5 Å². The molecule has 220 valence electrons. The summed E-state index contributed by atoms with van der Waals surface area (Å²) in [5, 5.41) is 3.77. The van der Waals surface area contributed by atoms with Gasteiger partial charge in [0.05, 0.1) is 11.9 Å². The van der Waals surface area contributed by atoms with Crippen LogP contribution < -0.4 is 9.62 Å². The summed E-state index contributed by atoms with van der Waals surface area (Å²) in [7, 11) is -3.57. The van der Waals surface area contributed by atoms with E-state index >= 15 is 0 Å². The number of halogens is 2. The van der Waals surface area contributed by atoms with Gasteiger partial charge in [-0.2, -0.15) is 0 Å². The Balaban J connectivity index is 1.92. The number of carbonyl (C=O) groups is 2. The molecule has 7 nitrogen and oxygen atoms in total. The molecule has 0 aliphatic carbocycles. The minimum atomic E-state index is -3.57. The van der Waals surface area contributed by atoms with Gasteiger partial charge >= 0.3 is 0 Å². The fourth-order valence-electron chi connectivity index (χ4n) is 4.43. The van der Waals surface area contributed by atoms with Gasteiger partial charge in [0.15, 0.2) is 0 Å². The fraction of sp³-hybridized carbons (Fsp3) is 0.355. The zero-order chi connectivity index (χ0) is 30.0. The molecule has 0 saturated heterocycles. The van der Waals surface area contributed by atoms with Crippen molar-refractivity contribution in [3.05, 3.63) is 100 Å². The Kier molecular flexibility index (Phi) is 12.1. The molecule has 1 N–H and O–H groups in total. The topological polar surface area (TPSA) is 86.8 Å². The van der Waals surface area contributed by atoms with Crippen molar-refractivity contribution >= 4 is 50.7 Å². The monoisotopic (exact) mass is 617 g/mol.